The van der Waals surface area contributed by atoms with Crippen LogP contribution in [0.2, 0.25) is 0 Å². The number of nitrogens with one attached hydrogen (secondary N) is 2. The molecule has 7 heteroatoms. The fourth-order valence-corrected chi connectivity index (χ4v) is 3.46. The van der Waals surface area contributed by atoms with Crippen molar-refractivity contribution in [2.75, 3.05) is 44.9 Å². The second-order valence-corrected chi connectivity index (χ2v) is 9.18. The van der Waals surface area contributed by atoms with Gasteiger partial charge in [-0.05, 0) is 55.2 Å². The van der Waals surface area contributed by atoms with Crippen molar-refractivity contribution in [3.05, 3.63) is 59.7 Å². The third kappa shape index (κ3) is 7.77. The van der Waals surface area contributed by atoms with Crippen molar-refractivity contribution in [1.82, 2.24) is 10.6 Å². The molecule has 0 amide bonds. The third-order valence-electron chi connectivity index (χ3n) is 4.52. The number of sulfone groups is 1. The molecule has 0 saturated heterocycles. The van der Waals surface area contributed by atoms with Crippen LogP contribution in [0.15, 0.2) is 58.4 Å². The molecule has 2 N–H and O–H groups in total. The van der Waals surface area contributed by atoms with E-state index >= 15 is 0 Å². The maximum Gasteiger partial charge on any atom is 0.191 e. The molecule has 0 aliphatic carbocycles. The Bertz CT molecular complexity index is 889. The van der Waals surface area contributed by atoms with Crippen molar-refractivity contribution < 1.29 is 8.42 Å². The van der Waals surface area contributed by atoms with Gasteiger partial charge in [-0.1, -0.05) is 24.3 Å². The van der Waals surface area contributed by atoms with E-state index in [9.17, 15) is 8.42 Å². The zero-order chi connectivity index (χ0) is 21.3. The number of benzene rings is 2. The van der Waals surface area contributed by atoms with Gasteiger partial charge >= 0.3 is 0 Å². The normalized spacial score (nSPS) is 11.9. The molecule has 2 rings (SSSR count). The van der Waals surface area contributed by atoms with Crippen molar-refractivity contribution in [2.45, 2.75) is 24.7 Å². The maximum atomic E-state index is 11.5. The molecule has 29 heavy (non-hydrogen) atoms. The van der Waals surface area contributed by atoms with E-state index in [1.165, 1.54) is 17.5 Å². The van der Waals surface area contributed by atoms with Gasteiger partial charge in [-0.3, -0.25) is 4.99 Å². The van der Waals surface area contributed by atoms with Crippen molar-refractivity contribution >= 4 is 21.5 Å². The average Bonchev–Trinajstić information content (AvgIpc) is 2.68. The number of rotatable bonds is 9. The first kappa shape index (κ1) is 22.7. The molecule has 0 aliphatic heterocycles. The van der Waals surface area contributed by atoms with E-state index in [0.29, 0.717) is 11.4 Å². The van der Waals surface area contributed by atoms with Crippen LogP contribution < -0.4 is 15.5 Å². The molecule has 0 bridgehead atoms. The van der Waals surface area contributed by atoms with Crippen molar-refractivity contribution in [1.29, 1.82) is 0 Å². The molecule has 0 aliphatic rings. The number of nitrogens with zero attached hydrogens (tertiary/aromatic N) is 2. The van der Waals surface area contributed by atoms with E-state index in [4.69, 9.17) is 0 Å². The van der Waals surface area contributed by atoms with Gasteiger partial charge in [0.05, 0.1) is 4.90 Å². The minimum atomic E-state index is -3.15. The minimum Gasteiger partial charge on any atom is -0.378 e. The van der Waals surface area contributed by atoms with Gasteiger partial charge in [0.2, 0.25) is 0 Å². The molecule has 6 nitrogen and oxygen atoms in total. The van der Waals surface area contributed by atoms with Crippen LogP contribution in [0.1, 0.15) is 18.1 Å². The number of aliphatic imine (C=N–C) groups is 1. The summed E-state index contributed by atoms with van der Waals surface area (Å²) in [6, 6.07) is 15.6. The lowest BCUT2D eigenvalue weighted by atomic mass is 10.1. The lowest BCUT2D eigenvalue weighted by molar-refractivity contribution is 0.602. The summed E-state index contributed by atoms with van der Waals surface area (Å²) in [7, 11) is 0.924. The SMILES string of the molecule is CCNC(=NCCc1ccc(S(C)(=O)=O)cc1)NCCc1ccc(N(C)C)cc1. The molecule has 2 aromatic carbocycles. The summed E-state index contributed by atoms with van der Waals surface area (Å²) >= 11 is 0. The molecular weight excluding hydrogens is 384 g/mol. The van der Waals surface area contributed by atoms with Gasteiger partial charge < -0.3 is 15.5 Å². The Labute approximate surface area is 175 Å². The van der Waals surface area contributed by atoms with E-state index in [1.807, 2.05) is 33.2 Å². The second kappa shape index (κ2) is 10.9. The molecule has 158 valence electrons. The van der Waals surface area contributed by atoms with E-state index < -0.39 is 9.84 Å². The van der Waals surface area contributed by atoms with Crippen LogP contribution >= 0.6 is 0 Å². The Kier molecular flexibility index (Phi) is 8.51. The molecule has 0 saturated carbocycles. The standard InChI is InChI=1S/C22H32N4O2S/c1-5-23-22(24-16-14-18-6-10-20(11-7-18)26(2)3)25-17-15-19-8-12-21(13-9-19)29(4,27)28/h6-13H,5,14-17H2,1-4H3,(H2,23,24,25). The van der Waals surface area contributed by atoms with Gasteiger partial charge in [0.15, 0.2) is 15.8 Å². The van der Waals surface area contributed by atoms with Crippen molar-refractivity contribution in [3.8, 4) is 0 Å². The van der Waals surface area contributed by atoms with Crippen LogP contribution in [0, 0.1) is 0 Å². The predicted molar refractivity (Wildman–Crippen MR) is 122 cm³/mol. The Balaban J connectivity index is 1.84. The molecule has 0 unspecified atom stereocenters. The van der Waals surface area contributed by atoms with Crippen LogP contribution in [0.5, 0.6) is 0 Å². The largest absolute Gasteiger partial charge is 0.378 e. The van der Waals surface area contributed by atoms with Gasteiger partial charge in [-0.2, -0.15) is 0 Å². The van der Waals surface area contributed by atoms with E-state index in [2.05, 4.69) is 44.8 Å². The second-order valence-electron chi connectivity index (χ2n) is 7.16. The first-order chi connectivity index (χ1) is 13.8. The summed E-state index contributed by atoms with van der Waals surface area (Å²) < 4.78 is 23.1. The molecule has 0 spiro atoms. The monoisotopic (exact) mass is 416 g/mol. The fourth-order valence-electron chi connectivity index (χ4n) is 2.83. The Morgan fingerprint density at radius 1 is 0.931 bits per heavy atom. The van der Waals surface area contributed by atoms with Crippen LogP contribution in [-0.2, 0) is 22.7 Å². The zero-order valence-electron chi connectivity index (χ0n) is 17.8. The smallest absolute Gasteiger partial charge is 0.191 e. The number of hydrogen-bond donors (Lipinski definition) is 2. The Morgan fingerprint density at radius 3 is 2.07 bits per heavy atom. The maximum absolute atomic E-state index is 11.5. The quantitative estimate of drug-likeness (QED) is 0.485. The summed E-state index contributed by atoms with van der Waals surface area (Å²) in [6.07, 6.45) is 2.90. The number of guanidine groups is 1. The van der Waals surface area contributed by atoms with Crippen molar-refractivity contribution in [3.63, 3.8) is 0 Å². The topological polar surface area (TPSA) is 73.8 Å². The molecule has 0 fully saturated rings. The highest BCUT2D eigenvalue weighted by atomic mass is 32.2. The van der Waals surface area contributed by atoms with Crippen molar-refractivity contribution in [2.24, 2.45) is 4.99 Å². The first-order valence-electron chi connectivity index (χ1n) is 9.87. The average molecular weight is 417 g/mol. The molecule has 0 heterocycles. The van der Waals surface area contributed by atoms with Crippen LogP contribution in [0.4, 0.5) is 5.69 Å². The lowest BCUT2D eigenvalue weighted by Crippen LogP contribution is -2.38. The van der Waals surface area contributed by atoms with Crippen LogP contribution in [0.3, 0.4) is 0 Å². The molecule has 2 aromatic rings. The van der Waals surface area contributed by atoms with Crippen LogP contribution in [0.25, 0.3) is 0 Å². The summed E-state index contributed by atoms with van der Waals surface area (Å²) in [6.45, 7) is 4.27. The fraction of sp³-hybridized carbons (Fsp3) is 0.409. The van der Waals surface area contributed by atoms with Gasteiger partial charge in [0.25, 0.3) is 0 Å². The summed E-state index contributed by atoms with van der Waals surface area (Å²) in [4.78, 5) is 7.05. The zero-order valence-corrected chi connectivity index (χ0v) is 18.6. The predicted octanol–water partition coefficient (Wildman–Crippen LogP) is 2.50. The molecule has 0 atom stereocenters. The lowest BCUT2D eigenvalue weighted by Gasteiger charge is -2.14. The minimum absolute atomic E-state index is 0.346. The van der Waals surface area contributed by atoms with E-state index in [0.717, 1.165) is 37.5 Å². The highest BCUT2D eigenvalue weighted by Crippen LogP contribution is 2.12. The summed E-state index contributed by atoms with van der Waals surface area (Å²) in [5.74, 6) is 0.796. The van der Waals surface area contributed by atoms with Gasteiger partial charge in [-0.25, -0.2) is 8.42 Å². The summed E-state index contributed by atoms with van der Waals surface area (Å²) in [5, 5.41) is 6.63. The van der Waals surface area contributed by atoms with Gasteiger partial charge in [0, 0.05) is 45.7 Å². The molecule has 0 radical (unpaired) electrons. The molecular formula is C22H32N4O2S. The summed E-state index contributed by atoms with van der Waals surface area (Å²) in [5.41, 5.74) is 3.55. The Hall–Kier alpha value is -2.54. The van der Waals surface area contributed by atoms with E-state index in [1.54, 1.807) is 12.1 Å². The van der Waals surface area contributed by atoms with Gasteiger partial charge in [-0.15, -0.1) is 0 Å². The van der Waals surface area contributed by atoms with Gasteiger partial charge in [0.1, 0.15) is 0 Å². The molecule has 0 aromatic heterocycles. The first-order valence-corrected chi connectivity index (χ1v) is 11.8. The number of anilines is 1. The number of hydrogen-bond acceptors (Lipinski definition) is 4. The third-order valence-corrected chi connectivity index (χ3v) is 5.65. The van der Waals surface area contributed by atoms with E-state index in [-0.39, 0.29) is 0 Å². The highest BCUT2D eigenvalue weighted by molar-refractivity contribution is 7.90. The highest BCUT2D eigenvalue weighted by Gasteiger charge is 2.06. The van der Waals surface area contributed by atoms with Crippen LogP contribution in [-0.4, -0.2) is 54.4 Å². The Morgan fingerprint density at radius 2 is 1.52 bits per heavy atom.